The van der Waals surface area contributed by atoms with Crippen LogP contribution in [0.15, 0.2) is 36.4 Å². The molecular formula is C14H14N2O2. The predicted octanol–water partition coefficient (Wildman–Crippen LogP) is 2.20. The predicted molar refractivity (Wildman–Crippen MR) is 67.2 cm³/mol. The molecule has 1 aromatic carbocycles. The van der Waals surface area contributed by atoms with E-state index in [1.165, 1.54) is 0 Å². The number of carboxylic acid groups (broad SMARTS) is 1. The van der Waals surface area contributed by atoms with E-state index in [-0.39, 0.29) is 0 Å². The molecule has 0 radical (unpaired) electrons. The van der Waals surface area contributed by atoms with Crippen LogP contribution in [0.2, 0.25) is 0 Å². The van der Waals surface area contributed by atoms with E-state index in [0.29, 0.717) is 12.8 Å². The fourth-order valence-corrected chi connectivity index (χ4v) is 2.37. The zero-order chi connectivity index (χ0) is 12.8. The Morgan fingerprint density at radius 1 is 1.33 bits per heavy atom. The Bertz CT molecular complexity index is 598. The molecule has 2 aromatic rings. The molecule has 0 bridgehead atoms. The van der Waals surface area contributed by atoms with Crippen molar-refractivity contribution in [3.63, 3.8) is 0 Å². The maximum absolute atomic E-state index is 11.3. The maximum atomic E-state index is 11.3. The van der Waals surface area contributed by atoms with Gasteiger partial charge in [-0.05, 0) is 18.9 Å². The minimum Gasteiger partial charge on any atom is -0.481 e. The lowest BCUT2D eigenvalue weighted by molar-refractivity contribution is -0.140. The van der Waals surface area contributed by atoms with Crippen molar-refractivity contribution in [3.05, 3.63) is 42.1 Å². The van der Waals surface area contributed by atoms with Crippen molar-refractivity contribution < 1.29 is 9.90 Å². The average molecular weight is 242 g/mol. The van der Waals surface area contributed by atoms with Gasteiger partial charge in [-0.2, -0.15) is 5.10 Å². The first-order valence-electron chi connectivity index (χ1n) is 5.97. The third-order valence-corrected chi connectivity index (χ3v) is 3.60. The molecule has 4 heteroatoms. The number of carbonyl (C=O) groups is 1. The number of hydrogen-bond acceptors (Lipinski definition) is 2. The minimum atomic E-state index is -0.745. The van der Waals surface area contributed by atoms with Crippen LogP contribution in [-0.2, 0) is 17.3 Å². The summed E-state index contributed by atoms with van der Waals surface area (Å²) in [5, 5.41) is 13.7. The summed E-state index contributed by atoms with van der Waals surface area (Å²) < 4.78 is 1.70. The van der Waals surface area contributed by atoms with Crippen molar-refractivity contribution in [2.45, 2.75) is 18.3 Å². The molecule has 4 nitrogen and oxygen atoms in total. The number of carboxylic acids is 1. The van der Waals surface area contributed by atoms with Crippen molar-refractivity contribution in [2.75, 3.05) is 0 Å². The van der Waals surface area contributed by atoms with Crippen molar-refractivity contribution in [2.24, 2.45) is 7.05 Å². The second kappa shape index (κ2) is 3.70. The number of rotatable bonds is 3. The molecular weight excluding hydrogens is 228 g/mol. The molecule has 1 aliphatic carbocycles. The molecule has 3 rings (SSSR count). The van der Waals surface area contributed by atoms with Gasteiger partial charge in [-0.3, -0.25) is 9.48 Å². The summed E-state index contributed by atoms with van der Waals surface area (Å²) in [4.78, 5) is 11.3. The summed E-state index contributed by atoms with van der Waals surface area (Å²) in [5.74, 6) is -0.745. The highest BCUT2D eigenvalue weighted by molar-refractivity contribution is 5.84. The van der Waals surface area contributed by atoms with Crippen LogP contribution in [0.5, 0.6) is 0 Å². The van der Waals surface area contributed by atoms with Gasteiger partial charge in [-0.1, -0.05) is 30.3 Å². The zero-order valence-electron chi connectivity index (χ0n) is 10.1. The molecule has 0 saturated heterocycles. The van der Waals surface area contributed by atoms with Gasteiger partial charge in [0.1, 0.15) is 5.41 Å². The second-order valence-electron chi connectivity index (χ2n) is 4.79. The van der Waals surface area contributed by atoms with Crippen LogP contribution in [0, 0.1) is 0 Å². The highest BCUT2D eigenvalue weighted by atomic mass is 16.4. The molecule has 18 heavy (non-hydrogen) atoms. The summed E-state index contributed by atoms with van der Waals surface area (Å²) >= 11 is 0. The fourth-order valence-electron chi connectivity index (χ4n) is 2.37. The Hall–Kier alpha value is -2.10. The van der Waals surface area contributed by atoms with Gasteiger partial charge in [0.2, 0.25) is 0 Å². The lowest BCUT2D eigenvalue weighted by atomic mass is 10.0. The molecule has 0 unspecified atom stereocenters. The Kier molecular flexibility index (Phi) is 2.26. The van der Waals surface area contributed by atoms with Gasteiger partial charge in [0.15, 0.2) is 0 Å². The fraction of sp³-hybridized carbons (Fsp3) is 0.286. The third-order valence-electron chi connectivity index (χ3n) is 3.60. The van der Waals surface area contributed by atoms with Gasteiger partial charge in [-0.25, -0.2) is 0 Å². The van der Waals surface area contributed by atoms with Gasteiger partial charge in [0, 0.05) is 12.6 Å². The van der Waals surface area contributed by atoms with Crippen molar-refractivity contribution in [1.29, 1.82) is 0 Å². The lowest BCUT2D eigenvalue weighted by Crippen LogP contribution is -2.22. The summed E-state index contributed by atoms with van der Waals surface area (Å²) in [6.07, 6.45) is 1.41. The van der Waals surface area contributed by atoms with Crippen molar-refractivity contribution >= 4 is 5.97 Å². The van der Waals surface area contributed by atoms with Crippen molar-refractivity contribution in [3.8, 4) is 11.3 Å². The Labute approximate surface area is 105 Å². The van der Waals surface area contributed by atoms with Crippen molar-refractivity contribution in [1.82, 2.24) is 9.78 Å². The SMILES string of the molecule is Cn1nc(-c2ccccc2)cc1C1(C(=O)O)CC1. The Balaban J connectivity index is 2.05. The highest BCUT2D eigenvalue weighted by Crippen LogP contribution is 2.48. The zero-order valence-corrected chi connectivity index (χ0v) is 10.1. The van der Waals surface area contributed by atoms with Crippen LogP contribution in [0.4, 0.5) is 0 Å². The first kappa shape index (κ1) is 11.0. The Morgan fingerprint density at radius 3 is 2.56 bits per heavy atom. The van der Waals surface area contributed by atoms with E-state index >= 15 is 0 Å². The van der Waals surface area contributed by atoms with E-state index in [9.17, 15) is 9.90 Å². The topological polar surface area (TPSA) is 55.1 Å². The van der Waals surface area contributed by atoms with Crippen LogP contribution >= 0.6 is 0 Å². The molecule has 0 atom stereocenters. The van der Waals surface area contributed by atoms with Gasteiger partial charge < -0.3 is 5.11 Å². The molecule has 1 aliphatic rings. The second-order valence-corrected chi connectivity index (χ2v) is 4.79. The van der Waals surface area contributed by atoms with Gasteiger partial charge in [0.05, 0.1) is 11.4 Å². The monoisotopic (exact) mass is 242 g/mol. The normalized spacial score (nSPS) is 16.5. The van der Waals surface area contributed by atoms with Crippen LogP contribution in [0.3, 0.4) is 0 Å². The van der Waals surface area contributed by atoms with Crippen LogP contribution < -0.4 is 0 Å². The number of aliphatic carboxylic acids is 1. The number of benzene rings is 1. The average Bonchev–Trinajstić information content (AvgIpc) is 3.09. The molecule has 0 spiro atoms. The minimum absolute atomic E-state index is 0.700. The maximum Gasteiger partial charge on any atom is 0.315 e. The number of hydrogen-bond donors (Lipinski definition) is 1. The summed E-state index contributed by atoms with van der Waals surface area (Å²) in [5.41, 5.74) is 1.95. The summed E-state index contributed by atoms with van der Waals surface area (Å²) in [7, 11) is 1.81. The number of nitrogens with zero attached hydrogens (tertiary/aromatic N) is 2. The quantitative estimate of drug-likeness (QED) is 0.897. The molecule has 0 aliphatic heterocycles. The van der Waals surface area contributed by atoms with E-state index in [4.69, 9.17) is 0 Å². The Morgan fingerprint density at radius 2 is 2.00 bits per heavy atom. The molecule has 92 valence electrons. The molecule has 1 N–H and O–H groups in total. The molecule has 1 fully saturated rings. The van der Waals surface area contributed by atoms with E-state index in [2.05, 4.69) is 5.10 Å². The first-order chi connectivity index (χ1) is 8.63. The third kappa shape index (κ3) is 1.53. The van der Waals surface area contributed by atoms with E-state index < -0.39 is 11.4 Å². The number of aromatic nitrogens is 2. The lowest BCUT2D eigenvalue weighted by Gasteiger charge is -2.08. The number of aryl methyl sites for hydroxylation is 1. The van der Waals surface area contributed by atoms with E-state index in [1.807, 2.05) is 43.4 Å². The van der Waals surface area contributed by atoms with Gasteiger partial charge >= 0.3 is 5.97 Å². The van der Waals surface area contributed by atoms with Gasteiger partial charge in [0.25, 0.3) is 0 Å². The standard InChI is InChI=1S/C14H14N2O2/c1-16-12(14(7-8-14)13(17)18)9-11(15-16)10-5-3-2-4-6-10/h2-6,9H,7-8H2,1H3,(H,17,18). The van der Waals surface area contributed by atoms with Gasteiger partial charge in [-0.15, -0.1) is 0 Å². The first-order valence-corrected chi connectivity index (χ1v) is 5.97. The van der Waals surface area contributed by atoms with E-state index in [0.717, 1.165) is 17.0 Å². The molecule has 1 aromatic heterocycles. The largest absolute Gasteiger partial charge is 0.481 e. The van der Waals surface area contributed by atoms with Crippen LogP contribution in [0.1, 0.15) is 18.5 Å². The summed E-state index contributed by atoms with van der Waals surface area (Å²) in [6.45, 7) is 0. The van der Waals surface area contributed by atoms with Crippen LogP contribution in [-0.4, -0.2) is 20.9 Å². The van der Waals surface area contributed by atoms with E-state index in [1.54, 1.807) is 4.68 Å². The smallest absolute Gasteiger partial charge is 0.315 e. The molecule has 1 heterocycles. The summed E-state index contributed by atoms with van der Waals surface area (Å²) in [6, 6.07) is 11.7. The highest BCUT2D eigenvalue weighted by Gasteiger charge is 2.54. The van der Waals surface area contributed by atoms with Crippen LogP contribution in [0.25, 0.3) is 11.3 Å². The molecule has 0 amide bonds. The molecule has 1 saturated carbocycles.